The van der Waals surface area contributed by atoms with Crippen molar-refractivity contribution in [3.8, 4) is 5.69 Å². The van der Waals surface area contributed by atoms with E-state index in [1.54, 1.807) is 13.0 Å². The molecule has 0 saturated carbocycles. The Balaban J connectivity index is 1.87. The summed E-state index contributed by atoms with van der Waals surface area (Å²) >= 11 is 6.56. The van der Waals surface area contributed by atoms with Gasteiger partial charge in [0.15, 0.2) is 0 Å². The van der Waals surface area contributed by atoms with Crippen LogP contribution in [-0.2, 0) is 12.7 Å². The predicted octanol–water partition coefficient (Wildman–Crippen LogP) is 3.74. The molecule has 9 heteroatoms. The zero-order valence-electron chi connectivity index (χ0n) is 16.6. The average Bonchev–Trinajstić information content (AvgIpc) is 2.96. The number of aromatic nitrogens is 2. The third kappa shape index (κ3) is 5.12. The van der Waals surface area contributed by atoms with Crippen molar-refractivity contribution in [2.24, 2.45) is 0 Å². The molecule has 1 aliphatic rings. The Morgan fingerprint density at radius 2 is 1.97 bits per heavy atom. The maximum absolute atomic E-state index is 13.1. The van der Waals surface area contributed by atoms with Crippen LogP contribution in [0.3, 0.4) is 0 Å². The first-order valence-electron chi connectivity index (χ1n) is 9.65. The SMILES string of the molecule is Cc1nn(-c2cccc(C(F)(F)F)c2)c(Cl)c1CN(CCO)C1CCN(C)CC1. The Labute approximate surface area is 173 Å². The minimum Gasteiger partial charge on any atom is -0.395 e. The minimum atomic E-state index is -4.43. The summed E-state index contributed by atoms with van der Waals surface area (Å²) in [5, 5.41) is 14.2. The Bertz CT molecular complexity index is 832. The molecule has 160 valence electrons. The fraction of sp³-hybridized carbons (Fsp3) is 0.550. The lowest BCUT2D eigenvalue weighted by molar-refractivity contribution is -0.137. The molecule has 0 unspecified atom stereocenters. The van der Waals surface area contributed by atoms with E-state index in [0.29, 0.717) is 30.0 Å². The lowest BCUT2D eigenvalue weighted by Gasteiger charge is -2.37. The van der Waals surface area contributed by atoms with Gasteiger partial charge in [0.2, 0.25) is 0 Å². The number of benzene rings is 1. The first-order chi connectivity index (χ1) is 13.7. The summed E-state index contributed by atoms with van der Waals surface area (Å²) < 4.78 is 40.5. The van der Waals surface area contributed by atoms with Gasteiger partial charge in [-0.1, -0.05) is 17.7 Å². The van der Waals surface area contributed by atoms with Crippen LogP contribution in [0.2, 0.25) is 5.15 Å². The molecule has 2 heterocycles. The fourth-order valence-electron chi connectivity index (χ4n) is 3.78. The summed E-state index contributed by atoms with van der Waals surface area (Å²) in [6, 6.07) is 5.30. The van der Waals surface area contributed by atoms with Crippen molar-refractivity contribution in [3.63, 3.8) is 0 Å². The Hall–Kier alpha value is -1.61. The van der Waals surface area contributed by atoms with E-state index in [4.69, 9.17) is 11.6 Å². The fourth-order valence-corrected chi connectivity index (χ4v) is 4.11. The Morgan fingerprint density at radius 3 is 2.59 bits per heavy atom. The zero-order chi connectivity index (χ0) is 21.2. The molecule has 0 amide bonds. The number of halogens is 4. The third-order valence-corrected chi connectivity index (χ3v) is 5.88. The molecule has 29 heavy (non-hydrogen) atoms. The van der Waals surface area contributed by atoms with Crippen LogP contribution in [0.15, 0.2) is 24.3 Å². The van der Waals surface area contributed by atoms with Gasteiger partial charge in [0.05, 0.1) is 23.6 Å². The summed E-state index contributed by atoms with van der Waals surface area (Å²) in [4.78, 5) is 4.47. The van der Waals surface area contributed by atoms with Gasteiger partial charge in [0.25, 0.3) is 0 Å². The molecule has 0 spiro atoms. The van der Waals surface area contributed by atoms with Gasteiger partial charge in [-0.25, -0.2) is 4.68 Å². The van der Waals surface area contributed by atoms with Crippen LogP contribution in [0.5, 0.6) is 0 Å². The standard InChI is InChI=1S/C20H26ClF3N4O/c1-14-18(13-27(10-11-29)16-6-8-26(2)9-7-16)19(21)28(25-14)17-5-3-4-15(12-17)20(22,23)24/h3-5,12,16,29H,6-11,13H2,1-2H3. The highest BCUT2D eigenvalue weighted by Crippen LogP contribution is 2.32. The Morgan fingerprint density at radius 1 is 1.28 bits per heavy atom. The Kier molecular flexibility index (Phi) is 6.88. The molecule has 2 aromatic rings. The van der Waals surface area contributed by atoms with Gasteiger partial charge >= 0.3 is 6.18 Å². The molecule has 1 aromatic heterocycles. The molecule has 0 aliphatic carbocycles. The number of piperidine rings is 1. The second-order valence-electron chi connectivity index (χ2n) is 7.54. The minimum absolute atomic E-state index is 0.0325. The van der Waals surface area contributed by atoms with Crippen LogP contribution < -0.4 is 0 Å². The molecule has 0 radical (unpaired) electrons. The van der Waals surface area contributed by atoms with E-state index in [-0.39, 0.29) is 12.3 Å². The van der Waals surface area contributed by atoms with Gasteiger partial charge in [-0.05, 0) is 58.1 Å². The quantitative estimate of drug-likeness (QED) is 0.758. The van der Waals surface area contributed by atoms with Crippen molar-refractivity contribution in [3.05, 3.63) is 46.2 Å². The number of aryl methyl sites for hydroxylation is 1. The van der Waals surface area contributed by atoms with E-state index < -0.39 is 11.7 Å². The summed E-state index contributed by atoms with van der Waals surface area (Å²) in [6.07, 6.45) is -2.44. The van der Waals surface area contributed by atoms with E-state index in [1.165, 1.54) is 10.7 Å². The highest BCUT2D eigenvalue weighted by atomic mass is 35.5. The van der Waals surface area contributed by atoms with E-state index in [9.17, 15) is 18.3 Å². The number of alkyl halides is 3. The lowest BCUT2D eigenvalue weighted by Crippen LogP contribution is -2.44. The van der Waals surface area contributed by atoms with Crippen LogP contribution in [0.4, 0.5) is 13.2 Å². The molecule has 0 atom stereocenters. The molecule has 3 rings (SSSR count). The number of aliphatic hydroxyl groups excluding tert-OH is 1. The summed E-state index contributed by atoms with van der Waals surface area (Å²) in [7, 11) is 2.09. The van der Waals surface area contributed by atoms with Crippen molar-refractivity contribution in [2.75, 3.05) is 33.3 Å². The van der Waals surface area contributed by atoms with Crippen LogP contribution in [0, 0.1) is 6.92 Å². The third-order valence-electron chi connectivity index (χ3n) is 5.49. The molecule has 1 aliphatic heterocycles. The number of rotatable bonds is 6. The van der Waals surface area contributed by atoms with Crippen molar-refractivity contribution in [2.45, 2.75) is 38.5 Å². The van der Waals surface area contributed by atoms with Gasteiger partial charge in [-0.2, -0.15) is 18.3 Å². The highest BCUT2D eigenvalue weighted by Gasteiger charge is 2.31. The highest BCUT2D eigenvalue weighted by molar-refractivity contribution is 6.30. The zero-order valence-corrected chi connectivity index (χ0v) is 17.3. The largest absolute Gasteiger partial charge is 0.416 e. The van der Waals surface area contributed by atoms with Crippen molar-refractivity contribution < 1.29 is 18.3 Å². The topological polar surface area (TPSA) is 44.5 Å². The molecule has 1 N–H and O–H groups in total. The second-order valence-corrected chi connectivity index (χ2v) is 7.90. The van der Waals surface area contributed by atoms with Gasteiger partial charge in [-0.3, -0.25) is 4.90 Å². The maximum atomic E-state index is 13.1. The smallest absolute Gasteiger partial charge is 0.395 e. The van der Waals surface area contributed by atoms with Crippen LogP contribution in [0.1, 0.15) is 29.7 Å². The molecule has 0 bridgehead atoms. The number of hydrogen-bond acceptors (Lipinski definition) is 4. The average molecular weight is 431 g/mol. The van der Waals surface area contributed by atoms with Gasteiger partial charge < -0.3 is 10.0 Å². The van der Waals surface area contributed by atoms with Crippen molar-refractivity contribution >= 4 is 11.6 Å². The number of hydrogen-bond donors (Lipinski definition) is 1. The molecule has 1 saturated heterocycles. The molecular weight excluding hydrogens is 405 g/mol. The maximum Gasteiger partial charge on any atom is 0.416 e. The van der Waals surface area contributed by atoms with Crippen LogP contribution in [-0.4, -0.2) is 64.0 Å². The predicted molar refractivity (Wildman–Crippen MR) is 106 cm³/mol. The summed E-state index contributed by atoms with van der Waals surface area (Å²) in [5.41, 5.74) is 0.973. The summed E-state index contributed by atoms with van der Waals surface area (Å²) in [5.74, 6) is 0. The number of aliphatic hydroxyl groups is 1. The van der Waals surface area contributed by atoms with Crippen molar-refractivity contribution in [1.82, 2.24) is 19.6 Å². The van der Waals surface area contributed by atoms with Crippen molar-refractivity contribution in [1.29, 1.82) is 0 Å². The summed E-state index contributed by atoms with van der Waals surface area (Å²) in [6.45, 7) is 4.82. The lowest BCUT2D eigenvalue weighted by atomic mass is 10.0. The molecular formula is C20H26ClF3N4O. The van der Waals surface area contributed by atoms with Gasteiger partial charge in [-0.15, -0.1) is 0 Å². The number of likely N-dealkylation sites (tertiary alicyclic amines) is 1. The molecule has 5 nitrogen and oxygen atoms in total. The molecule has 1 aromatic carbocycles. The van der Waals surface area contributed by atoms with E-state index >= 15 is 0 Å². The number of nitrogens with zero attached hydrogens (tertiary/aromatic N) is 4. The van der Waals surface area contributed by atoms with E-state index in [2.05, 4.69) is 21.9 Å². The van der Waals surface area contributed by atoms with Crippen LogP contribution >= 0.6 is 11.6 Å². The first kappa shape index (κ1) is 22.1. The van der Waals surface area contributed by atoms with Gasteiger partial charge in [0, 0.05) is 24.7 Å². The normalized spacial score (nSPS) is 16.7. The first-order valence-corrected chi connectivity index (χ1v) is 10.0. The second kappa shape index (κ2) is 9.04. The van der Waals surface area contributed by atoms with E-state index in [0.717, 1.165) is 43.6 Å². The molecule has 1 fully saturated rings. The van der Waals surface area contributed by atoms with Crippen LogP contribution in [0.25, 0.3) is 5.69 Å². The van der Waals surface area contributed by atoms with Gasteiger partial charge in [0.1, 0.15) is 5.15 Å². The van der Waals surface area contributed by atoms with E-state index in [1.807, 2.05) is 0 Å². The monoisotopic (exact) mass is 430 g/mol.